The molecule has 1 unspecified atom stereocenters. The van der Waals surface area contributed by atoms with Crippen molar-refractivity contribution in [3.05, 3.63) is 17.5 Å². The number of rotatable bonds is 2. The lowest BCUT2D eigenvalue weighted by Crippen LogP contribution is -2.12. The van der Waals surface area contributed by atoms with Gasteiger partial charge in [-0.3, -0.25) is 0 Å². The lowest BCUT2D eigenvalue weighted by atomic mass is 10.2. The van der Waals surface area contributed by atoms with Gasteiger partial charge in [0.2, 0.25) is 5.95 Å². The topological polar surface area (TPSA) is 61.6 Å². The van der Waals surface area contributed by atoms with Crippen molar-refractivity contribution < 1.29 is 0 Å². The van der Waals surface area contributed by atoms with Gasteiger partial charge in [-0.25, -0.2) is 9.97 Å². The van der Waals surface area contributed by atoms with Crippen LogP contribution in [0.5, 0.6) is 0 Å². The first-order valence-corrected chi connectivity index (χ1v) is 5.03. The van der Waals surface area contributed by atoms with E-state index in [0.717, 1.165) is 12.1 Å². The third-order valence-corrected chi connectivity index (χ3v) is 2.79. The van der Waals surface area contributed by atoms with Crippen LogP contribution >= 0.6 is 0 Å². The number of hydrogen-bond acceptors (Lipinski definition) is 4. The Labute approximate surface area is 89.4 Å². The molecule has 1 fully saturated rings. The third-order valence-electron chi connectivity index (χ3n) is 2.79. The van der Waals surface area contributed by atoms with E-state index >= 15 is 0 Å². The van der Waals surface area contributed by atoms with Gasteiger partial charge in [0.25, 0.3) is 0 Å². The highest BCUT2D eigenvalue weighted by Crippen LogP contribution is 2.46. The highest BCUT2D eigenvalue weighted by molar-refractivity contribution is 5.36. The van der Waals surface area contributed by atoms with Crippen LogP contribution in [0.4, 0.5) is 5.95 Å². The zero-order valence-corrected chi connectivity index (χ0v) is 9.20. The van der Waals surface area contributed by atoms with E-state index in [1.165, 1.54) is 0 Å². The number of hydrogen-bond donors (Lipinski definition) is 1. The SMILES string of the molecule is Cc1cc(C#N)nc(NC2CC2(C)C)n1. The van der Waals surface area contributed by atoms with Crippen LogP contribution in [0.3, 0.4) is 0 Å². The maximum Gasteiger partial charge on any atom is 0.224 e. The fraction of sp³-hybridized carbons (Fsp3) is 0.545. The van der Waals surface area contributed by atoms with Gasteiger partial charge in [-0.2, -0.15) is 5.26 Å². The minimum Gasteiger partial charge on any atom is -0.351 e. The van der Waals surface area contributed by atoms with Gasteiger partial charge in [-0.15, -0.1) is 0 Å². The molecule has 0 aromatic carbocycles. The minimum absolute atomic E-state index is 0.333. The number of aromatic nitrogens is 2. The van der Waals surface area contributed by atoms with Crippen molar-refractivity contribution in [1.29, 1.82) is 5.26 Å². The number of nitrogens with zero attached hydrogens (tertiary/aromatic N) is 3. The molecule has 1 atom stereocenters. The summed E-state index contributed by atoms with van der Waals surface area (Å²) in [6, 6.07) is 4.15. The summed E-state index contributed by atoms with van der Waals surface area (Å²) < 4.78 is 0. The molecule has 1 aromatic heterocycles. The summed E-state index contributed by atoms with van der Waals surface area (Å²) in [6.45, 7) is 6.27. The smallest absolute Gasteiger partial charge is 0.224 e. The monoisotopic (exact) mass is 202 g/mol. The van der Waals surface area contributed by atoms with Crippen LogP contribution in [0.15, 0.2) is 6.07 Å². The summed E-state index contributed by atoms with van der Waals surface area (Å²) >= 11 is 0. The quantitative estimate of drug-likeness (QED) is 0.795. The van der Waals surface area contributed by atoms with Gasteiger partial charge in [0.1, 0.15) is 11.8 Å². The molecule has 1 aliphatic rings. The highest BCUT2D eigenvalue weighted by atomic mass is 15.1. The molecule has 2 rings (SSSR count). The molecule has 0 spiro atoms. The molecule has 1 aromatic rings. The van der Waals surface area contributed by atoms with Crippen LogP contribution < -0.4 is 5.32 Å². The minimum atomic E-state index is 0.333. The second-order valence-electron chi connectivity index (χ2n) is 4.72. The van der Waals surface area contributed by atoms with Crippen LogP contribution in [0.2, 0.25) is 0 Å². The zero-order chi connectivity index (χ0) is 11.1. The molecular weight excluding hydrogens is 188 g/mol. The first-order chi connectivity index (χ1) is 7.01. The largest absolute Gasteiger partial charge is 0.351 e. The van der Waals surface area contributed by atoms with E-state index in [9.17, 15) is 0 Å². The fourth-order valence-electron chi connectivity index (χ4n) is 1.56. The Bertz CT molecular complexity index is 431. The van der Waals surface area contributed by atoms with E-state index in [1.807, 2.05) is 13.0 Å². The van der Waals surface area contributed by atoms with E-state index < -0.39 is 0 Å². The van der Waals surface area contributed by atoms with Crippen LogP contribution in [0.1, 0.15) is 31.7 Å². The molecule has 1 aliphatic carbocycles. The van der Waals surface area contributed by atoms with Gasteiger partial charge >= 0.3 is 0 Å². The molecule has 0 saturated heterocycles. The van der Waals surface area contributed by atoms with E-state index in [2.05, 4.69) is 29.1 Å². The molecule has 1 N–H and O–H groups in total. The Morgan fingerprint density at radius 3 is 2.73 bits per heavy atom. The van der Waals surface area contributed by atoms with Crippen molar-refractivity contribution in [2.75, 3.05) is 5.32 Å². The Balaban J connectivity index is 2.16. The van der Waals surface area contributed by atoms with E-state index in [1.54, 1.807) is 6.07 Å². The Hall–Kier alpha value is -1.63. The van der Waals surface area contributed by atoms with Crippen molar-refractivity contribution in [3.8, 4) is 6.07 Å². The fourth-order valence-corrected chi connectivity index (χ4v) is 1.56. The zero-order valence-electron chi connectivity index (χ0n) is 9.20. The molecule has 0 bridgehead atoms. The summed E-state index contributed by atoms with van der Waals surface area (Å²) in [4.78, 5) is 8.37. The average molecular weight is 202 g/mol. The summed E-state index contributed by atoms with van der Waals surface area (Å²) in [5.74, 6) is 0.571. The van der Waals surface area contributed by atoms with Gasteiger partial charge in [-0.05, 0) is 24.8 Å². The van der Waals surface area contributed by atoms with Gasteiger partial charge in [0.15, 0.2) is 0 Å². The molecular formula is C11H14N4. The molecule has 0 radical (unpaired) electrons. The first-order valence-electron chi connectivity index (χ1n) is 5.03. The number of nitriles is 1. The molecule has 4 heteroatoms. The van der Waals surface area contributed by atoms with E-state index in [4.69, 9.17) is 5.26 Å². The number of anilines is 1. The van der Waals surface area contributed by atoms with Crippen LogP contribution in [-0.2, 0) is 0 Å². The molecule has 1 heterocycles. The van der Waals surface area contributed by atoms with Crippen molar-refractivity contribution in [1.82, 2.24) is 9.97 Å². The van der Waals surface area contributed by atoms with Crippen molar-refractivity contribution >= 4 is 5.95 Å². The van der Waals surface area contributed by atoms with Crippen molar-refractivity contribution in [3.63, 3.8) is 0 Å². The molecule has 0 amide bonds. The van der Waals surface area contributed by atoms with Crippen LogP contribution in [-0.4, -0.2) is 16.0 Å². The molecule has 0 aliphatic heterocycles. The molecule has 1 saturated carbocycles. The normalized spacial score (nSPS) is 21.9. The molecule has 78 valence electrons. The van der Waals surface area contributed by atoms with E-state index in [-0.39, 0.29) is 0 Å². The maximum absolute atomic E-state index is 8.77. The predicted octanol–water partition coefficient (Wildman–Crippen LogP) is 1.87. The number of nitrogens with one attached hydrogen (secondary N) is 1. The first kappa shape index (κ1) is 9.91. The summed E-state index contributed by atoms with van der Waals surface area (Å²) in [5, 5.41) is 12.0. The summed E-state index contributed by atoms with van der Waals surface area (Å²) in [5.41, 5.74) is 1.57. The lowest BCUT2D eigenvalue weighted by molar-refractivity contribution is 0.628. The van der Waals surface area contributed by atoms with Gasteiger partial charge < -0.3 is 5.32 Å². The lowest BCUT2D eigenvalue weighted by Gasteiger charge is -2.06. The Kier molecular flexibility index (Phi) is 2.11. The predicted molar refractivity (Wildman–Crippen MR) is 57.3 cm³/mol. The molecule has 15 heavy (non-hydrogen) atoms. The summed E-state index contributed by atoms with van der Waals surface area (Å²) in [7, 11) is 0. The van der Waals surface area contributed by atoms with Crippen LogP contribution in [0, 0.1) is 23.7 Å². The summed E-state index contributed by atoms with van der Waals surface area (Å²) in [6.07, 6.45) is 1.13. The Morgan fingerprint density at radius 2 is 2.20 bits per heavy atom. The second-order valence-corrected chi connectivity index (χ2v) is 4.72. The van der Waals surface area contributed by atoms with Crippen LogP contribution in [0.25, 0.3) is 0 Å². The number of aryl methyl sites for hydroxylation is 1. The van der Waals surface area contributed by atoms with E-state index in [0.29, 0.717) is 23.1 Å². The van der Waals surface area contributed by atoms with Gasteiger partial charge in [0.05, 0.1) is 0 Å². The van der Waals surface area contributed by atoms with Gasteiger partial charge in [-0.1, -0.05) is 13.8 Å². The maximum atomic E-state index is 8.77. The van der Waals surface area contributed by atoms with Crippen molar-refractivity contribution in [2.24, 2.45) is 5.41 Å². The van der Waals surface area contributed by atoms with Crippen molar-refractivity contribution in [2.45, 2.75) is 33.2 Å². The van der Waals surface area contributed by atoms with Gasteiger partial charge in [0, 0.05) is 11.7 Å². The molecule has 4 nitrogen and oxygen atoms in total. The second kappa shape index (κ2) is 3.20. The highest BCUT2D eigenvalue weighted by Gasteiger charge is 2.46. The third kappa shape index (κ3) is 2.07. The average Bonchev–Trinajstić information content (AvgIpc) is 2.72. The standard InChI is InChI=1S/C11H14N4/c1-7-4-8(6-12)14-10(13-7)15-9-5-11(9,2)3/h4,9H,5H2,1-3H3,(H,13,14,15). The Morgan fingerprint density at radius 1 is 1.53 bits per heavy atom.